The molecular formula is C23H20BrNO3S. The maximum Gasteiger partial charge on any atom is 0.329 e. The number of thioether (sulfide) groups is 1. The molecule has 1 saturated carbocycles. The molecule has 1 unspecified atom stereocenters. The molecule has 0 radical (unpaired) electrons. The summed E-state index contributed by atoms with van der Waals surface area (Å²) in [6.45, 7) is 0. The van der Waals surface area contributed by atoms with Gasteiger partial charge in [0.1, 0.15) is 6.04 Å². The highest BCUT2D eigenvalue weighted by Gasteiger charge is 2.38. The summed E-state index contributed by atoms with van der Waals surface area (Å²) in [5.41, 5.74) is 3.45. The molecule has 1 aliphatic heterocycles. The van der Waals surface area contributed by atoms with Crippen molar-refractivity contribution in [2.45, 2.75) is 36.2 Å². The second-order valence-electron chi connectivity index (χ2n) is 7.65. The molecule has 3 aromatic rings. The third kappa shape index (κ3) is 3.22. The van der Waals surface area contributed by atoms with E-state index in [0.29, 0.717) is 18.1 Å². The molecule has 1 atom stereocenters. The first-order valence-electron chi connectivity index (χ1n) is 9.73. The molecule has 2 aliphatic rings. The number of benzene rings is 2. The maximum absolute atomic E-state index is 13.0. The van der Waals surface area contributed by atoms with Gasteiger partial charge in [-0.15, -0.1) is 11.8 Å². The largest absolute Gasteiger partial charge is 0.467 e. The number of pyridine rings is 1. The van der Waals surface area contributed by atoms with Gasteiger partial charge in [-0.3, -0.25) is 9.36 Å². The van der Waals surface area contributed by atoms with Crippen LogP contribution in [0, 0.1) is 0 Å². The van der Waals surface area contributed by atoms with Crippen LogP contribution in [-0.4, -0.2) is 23.4 Å². The van der Waals surface area contributed by atoms with Crippen LogP contribution < -0.4 is 5.56 Å². The number of aromatic nitrogens is 1. The molecule has 0 saturated heterocycles. The van der Waals surface area contributed by atoms with Gasteiger partial charge in [0, 0.05) is 16.3 Å². The number of ether oxygens (including phenoxy) is 1. The van der Waals surface area contributed by atoms with Crippen molar-refractivity contribution in [3.8, 4) is 0 Å². The fourth-order valence-corrected chi connectivity index (χ4v) is 6.18. The maximum atomic E-state index is 13.0. The fourth-order valence-electron chi connectivity index (χ4n) is 4.29. The molecule has 0 bridgehead atoms. The van der Waals surface area contributed by atoms with Gasteiger partial charge < -0.3 is 4.74 Å². The molecule has 0 amide bonds. The van der Waals surface area contributed by atoms with Gasteiger partial charge in [-0.05, 0) is 58.7 Å². The van der Waals surface area contributed by atoms with Crippen LogP contribution in [0.4, 0.5) is 0 Å². The highest BCUT2D eigenvalue weighted by molar-refractivity contribution is 9.10. The zero-order valence-corrected chi connectivity index (χ0v) is 18.4. The van der Waals surface area contributed by atoms with Gasteiger partial charge in [0.05, 0.1) is 12.1 Å². The van der Waals surface area contributed by atoms with Crippen molar-refractivity contribution in [3.05, 3.63) is 74.0 Å². The number of rotatable bonds is 4. The van der Waals surface area contributed by atoms with E-state index in [4.69, 9.17) is 4.74 Å². The van der Waals surface area contributed by atoms with Crippen LogP contribution in [0.2, 0.25) is 0 Å². The Hall–Kier alpha value is -2.05. The molecule has 6 heteroatoms. The predicted molar refractivity (Wildman–Crippen MR) is 119 cm³/mol. The summed E-state index contributed by atoms with van der Waals surface area (Å²) in [6.07, 6.45) is 3.00. The van der Waals surface area contributed by atoms with Crippen LogP contribution in [0.3, 0.4) is 0 Å². The molecule has 0 spiro atoms. The minimum absolute atomic E-state index is 0.110. The van der Waals surface area contributed by atoms with E-state index in [2.05, 4.69) is 46.3 Å². The summed E-state index contributed by atoms with van der Waals surface area (Å²) >= 11 is 5.26. The Morgan fingerprint density at radius 1 is 1.17 bits per heavy atom. The van der Waals surface area contributed by atoms with Gasteiger partial charge in [0.25, 0.3) is 5.56 Å². The average molecular weight is 470 g/mol. The van der Waals surface area contributed by atoms with E-state index in [1.807, 2.05) is 6.07 Å². The number of halogens is 1. The molecule has 2 aromatic carbocycles. The number of hydrogen-bond acceptors (Lipinski definition) is 4. The number of hydrogen-bond donors (Lipinski definition) is 0. The number of carbonyl (C=O) groups is 1. The van der Waals surface area contributed by atoms with E-state index in [1.165, 1.54) is 29.0 Å². The Bertz CT molecular complexity index is 1200. The smallest absolute Gasteiger partial charge is 0.329 e. The average Bonchev–Trinajstić information content (AvgIpc) is 3.47. The van der Waals surface area contributed by atoms with Crippen molar-refractivity contribution in [2.24, 2.45) is 0 Å². The molecule has 1 fully saturated rings. The van der Waals surface area contributed by atoms with Gasteiger partial charge in [-0.2, -0.15) is 0 Å². The molecule has 29 heavy (non-hydrogen) atoms. The predicted octanol–water partition coefficient (Wildman–Crippen LogP) is 5.05. The van der Waals surface area contributed by atoms with Gasteiger partial charge >= 0.3 is 5.97 Å². The monoisotopic (exact) mass is 469 g/mol. The summed E-state index contributed by atoms with van der Waals surface area (Å²) < 4.78 is 7.66. The standard InChI is InChI=1S/C23H20BrNO3S/c1-28-23(27)19-12-29-22-21(13-6-7-13)15(11-20(26)25(19)22)10-14-8-9-18(24)17-5-3-2-4-16(14)17/h2-5,8-9,11,13,19H,6-7,10,12H2,1H3. The van der Waals surface area contributed by atoms with Crippen LogP contribution in [0.1, 0.15) is 41.5 Å². The van der Waals surface area contributed by atoms with Gasteiger partial charge in [-0.25, -0.2) is 4.79 Å². The first-order valence-corrected chi connectivity index (χ1v) is 11.5. The lowest BCUT2D eigenvalue weighted by Crippen LogP contribution is -2.30. The SMILES string of the molecule is COC(=O)C1CSc2c(C3CC3)c(Cc3ccc(Br)c4ccccc34)cc(=O)n21. The van der Waals surface area contributed by atoms with Gasteiger partial charge in [0.15, 0.2) is 0 Å². The number of fused-ring (bicyclic) bond motifs is 2. The third-order valence-electron chi connectivity index (χ3n) is 5.82. The van der Waals surface area contributed by atoms with E-state index >= 15 is 0 Å². The number of methoxy groups -OCH3 is 1. The van der Waals surface area contributed by atoms with Crippen LogP contribution in [0.5, 0.6) is 0 Å². The van der Waals surface area contributed by atoms with Crippen molar-refractivity contribution in [1.29, 1.82) is 0 Å². The lowest BCUT2D eigenvalue weighted by atomic mass is 9.95. The Morgan fingerprint density at radius 2 is 1.93 bits per heavy atom. The van der Waals surface area contributed by atoms with E-state index in [9.17, 15) is 9.59 Å². The molecule has 1 aromatic heterocycles. The molecular weight excluding hydrogens is 450 g/mol. The number of esters is 1. The van der Waals surface area contributed by atoms with Crippen LogP contribution in [-0.2, 0) is 16.0 Å². The van der Waals surface area contributed by atoms with Crippen molar-refractivity contribution >= 4 is 44.4 Å². The summed E-state index contributed by atoms with van der Waals surface area (Å²) in [5.74, 6) is 0.705. The van der Waals surface area contributed by atoms with Crippen molar-refractivity contribution in [2.75, 3.05) is 12.9 Å². The first kappa shape index (κ1) is 18.9. The van der Waals surface area contributed by atoms with Gasteiger partial charge in [-0.1, -0.05) is 46.3 Å². The van der Waals surface area contributed by atoms with E-state index in [1.54, 1.807) is 22.4 Å². The first-order chi connectivity index (χ1) is 14.1. The summed E-state index contributed by atoms with van der Waals surface area (Å²) in [5, 5.41) is 3.34. The highest BCUT2D eigenvalue weighted by Crippen LogP contribution is 2.48. The van der Waals surface area contributed by atoms with E-state index < -0.39 is 6.04 Å². The zero-order valence-electron chi connectivity index (χ0n) is 16.0. The number of nitrogens with zero attached hydrogens (tertiary/aromatic N) is 1. The third-order valence-corrected chi connectivity index (χ3v) is 7.68. The van der Waals surface area contributed by atoms with E-state index in [-0.39, 0.29) is 11.5 Å². The Balaban J connectivity index is 1.65. The van der Waals surface area contributed by atoms with Crippen molar-refractivity contribution in [1.82, 2.24) is 4.57 Å². The second-order valence-corrected chi connectivity index (χ2v) is 9.51. The van der Waals surface area contributed by atoms with Crippen LogP contribution in [0.15, 0.2) is 56.8 Å². The second kappa shape index (κ2) is 7.33. The minimum atomic E-state index is -0.521. The summed E-state index contributed by atoms with van der Waals surface area (Å²) in [6, 6.07) is 13.8. The lowest BCUT2D eigenvalue weighted by molar-refractivity contribution is -0.143. The fraction of sp³-hybridized carbons (Fsp3) is 0.304. The van der Waals surface area contributed by atoms with Crippen molar-refractivity contribution in [3.63, 3.8) is 0 Å². The quantitative estimate of drug-likeness (QED) is 0.501. The Labute approximate surface area is 181 Å². The lowest BCUT2D eigenvalue weighted by Gasteiger charge is -2.17. The van der Waals surface area contributed by atoms with Crippen molar-refractivity contribution < 1.29 is 9.53 Å². The molecule has 5 rings (SSSR count). The Kier molecular flexibility index (Phi) is 4.79. The topological polar surface area (TPSA) is 48.3 Å². The Morgan fingerprint density at radius 3 is 2.66 bits per heavy atom. The normalized spacial score (nSPS) is 18.1. The summed E-state index contributed by atoms with van der Waals surface area (Å²) in [4.78, 5) is 25.2. The van der Waals surface area contributed by atoms with E-state index in [0.717, 1.165) is 27.9 Å². The van der Waals surface area contributed by atoms with Crippen LogP contribution in [0.25, 0.3) is 10.8 Å². The number of carbonyl (C=O) groups excluding carboxylic acids is 1. The van der Waals surface area contributed by atoms with Crippen LogP contribution >= 0.6 is 27.7 Å². The molecule has 1 aliphatic carbocycles. The molecule has 0 N–H and O–H groups in total. The molecule has 4 nitrogen and oxygen atoms in total. The van der Waals surface area contributed by atoms with Gasteiger partial charge in [0.2, 0.25) is 0 Å². The molecule has 148 valence electrons. The summed E-state index contributed by atoms with van der Waals surface area (Å²) in [7, 11) is 1.38. The molecule has 2 heterocycles. The zero-order chi connectivity index (χ0) is 20.1. The highest BCUT2D eigenvalue weighted by atomic mass is 79.9. The minimum Gasteiger partial charge on any atom is -0.467 e.